The Bertz CT molecular complexity index is 959. The molecule has 0 aromatic rings. The number of phosphoric acid groups is 1. The Morgan fingerprint density at radius 3 is 1.29 bits per heavy atom. The van der Waals surface area contributed by atoms with Crippen LogP contribution in [0.15, 0.2) is 24.3 Å². The van der Waals surface area contributed by atoms with Crippen molar-refractivity contribution in [3.63, 3.8) is 0 Å². The van der Waals surface area contributed by atoms with Crippen LogP contribution in [0.3, 0.4) is 0 Å². The highest BCUT2D eigenvalue weighted by Gasteiger charge is 2.26. The molecule has 10 heteroatoms. The lowest BCUT2D eigenvalue weighted by Crippen LogP contribution is -2.29. The highest BCUT2D eigenvalue weighted by atomic mass is 31.2. The maximum absolute atomic E-state index is 12.6. The van der Waals surface area contributed by atoms with Gasteiger partial charge < -0.3 is 20.1 Å². The Hall–Kier alpha value is -1.51. The van der Waals surface area contributed by atoms with Crippen LogP contribution in [0.5, 0.6) is 0 Å². The number of hydrogen-bond acceptors (Lipinski definition) is 8. The van der Waals surface area contributed by atoms with Crippen molar-refractivity contribution in [3.05, 3.63) is 24.3 Å². The van der Waals surface area contributed by atoms with Crippen LogP contribution in [-0.2, 0) is 32.7 Å². The van der Waals surface area contributed by atoms with Crippen molar-refractivity contribution in [2.45, 2.75) is 225 Å². The van der Waals surface area contributed by atoms with E-state index < -0.39 is 26.5 Å². The molecule has 0 bridgehead atoms. The van der Waals surface area contributed by atoms with Crippen molar-refractivity contribution in [1.29, 1.82) is 0 Å². The molecule has 9 nitrogen and oxygen atoms in total. The normalized spacial score (nSPS) is 13.5. The predicted octanol–water partition coefficient (Wildman–Crippen LogP) is 13.2. The zero-order valence-electron chi connectivity index (χ0n) is 35.7. The number of phosphoric ester groups is 1. The van der Waals surface area contributed by atoms with Crippen molar-refractivity contribution in [2.75, 3.05) is 26.4 Å². The summed E-state index contributed by atoms with van der Waals surface area (Å²) in [5, 5.41) is 0. The van der Waals surface area contributed by atoms with E-state index in [9.17, 15) is 19.0 Å². The van der Waals surface area contributed by atoms with E-state index >= 15 is 0 Å². The first-order chi connectivity index (χ1) is 26.8. The third-order valence-corrected chi connectivity index (χ3v) is 10.8. The Morgan fingerprint density at radius 2 is 0.891 bits per heavy atom. The summed E-state index contributed by atoms with van der Waals surface area (Å²) in [6.07, 6.45) is 44.9. The fourth-order valence-corrected chi connectivity index (χ4v) is 7.15. The fraction of sp³-hybridized carbons (Fsp3) is 0.867. The number of hydrogen-bond donors (Lipinski definition) is 2. The van der Waals surface area contributed by atoms with Crippen LogP contribution in [0, 0.1) is 0 Å². The minimum Gasteiger partial charge on any atom is -0.462 e. The van der Waals surface area contributed by atoms with Crippen LogP contribution in [0.1, 0.15) is 219 Å². The smallest absolute Gasteiger partial charge is 0.462 e. The van der Waals surface area contributed by atoms with Crippen molar-refractivity contribution >= 4 is 19.8 Å². The summed E-state index contributed by atoms with van der Waals surface area (Å²) in [4.78, 5) is 34.9. The Labute approximate surface area is 338 Å². The maximum Gasteiger partial charge on any atom is 0.472 e. The van der Waals surface area contributed by atoms with Gasteiger partial charge in [0.05, 0.1) is 13.2 Å². The van der Waals surface area contributed by atoms with Gasteiger partial charge in [0, 0.05) is 19.4 Å². The summed E-state index contributed by atoms with van der Waals surface area (Å²) in [6, 6.07) is 0. The minimum atomic E-state index is -4.38. The van der Waals surface area contributed by atoms with Gasteiger partial charge in [0.15, 0.2) is 6.10 Å². The molecule has 324 valence electrons. The Morgan fingerprint density at radius 1 is 0.527 bits per heavy atom. The van der Waals surface area contributed by atoms with E-state index in [0.717, 1.165) is 57.8 Å². The minimum absolute atomic E-state index is 0.0531. The molecule has 0 aromatic heterocycles. The zero-order chi connectivity index (χ0) is 40.3. The first-order valence-electron chi connectivity index (χ1n) is 22.8. The summed E-state index contributed by atoms with van der Waals surface area (Å²) in [6.45, 7) is 3.73. The first-order valence-corrected chi connectivity index (χ1v) is 24.3. The van der Waals surface area contributed by atoms with Gasteiger partial charge in [0.2, 0.25) is 0 Å². The number of allylic oxidation sites excluding steroid dienone is 4. The number of carbonyl (C=O) groups is 2. The van der Waals surface area contributed by atoms with Gasteiger partial charge in [-0.2, -0.15) is 0 Å². The van der Waals surface area contributed by atoms with Gasteiger partial charge >= 0.3 is 19.8 Å². The lowest BCUT2D eigenvalue weighted by molar-refractivity contribution is -0.161. The molecule has 3 N–H and O–H groups in total. The molecule has 0 amide bonds. The molecule has 55 heavy (non-hydrogen) atoms. The average Bonchev–Trinajstić information content (AvgIpc) is 3.17. The van der Waals surface area contributed by atoms with Gasteiger partial charge in [-0.25, -0.2) is 4.57 Å². The molecule has 0 fully saturated rings. The van der Waals surface area contributed by atoms with E-state index in [1.807, 2.05) is 0 Å². The van der Waals surface area contributed by atoms with Gasteiger partial charge in [0.1, 0.15) is 6.61 Å². The molecule has 0 rings (SSSR count). The molecule has 0 aliphatic heterocycles. The van der Waals surface area contributed by atoms with E-state index in [1.54, 1.807) is 0 Å². The zero-order valence-corrected chi connectivity index (χ0v) is 36.6. The second kappa shape index (κ2) is 42.1. The topological polar surface area (TPSA) is 134 Å². The molecule has 0 aromatic carbocycles. The summed E-state index contributed by atoms with van der Waals surface area (Å²) < 4.78 is 32.8. The molecular formula is C45H86NO8P. The number of esters is 2. The molecule has 2 unspecified atom stereocenters. The average molecular weight is 800 g/mol. The van der Waals surface area contributed by atoms with Gasteiger partial charge in [-0.3, -0.25) is 18.6 Å². The third kappa shape index (κ3) is 41.9. The van der Waals surface area contributed by atoms with Gasteiger partial charge in [-0.1, -0.05) is 167 Å². The van der Waals surface area contributed by atoms with Crippen molar-refractivity contribution in [2.24, 2.45) is 5.73 Å². The van der Waals surface area contributed by atoms with Crippen molar-refractivity contribution in [1.82, 2.24) is 0 Å². The molecule has 0 saturated heterocycles. The van der Waals surface area contributed by atoms with Gasteiger partial charge in [0.25, 0.3) is 0 Å². The van der Waals surface area contributed by atoms with E-state index in [2.05, 4.69) is 38.2 Å². The summed E-state index contributed by atoms with van der Waals surface area (Å²) in [7, 11) is -4.38. The van der Waals surface area contributed by atoms with Crippen molar-refractivity contribution < 1.29 is 37.6 Å². The van der Waals surface area contributed by atoms with Gasteiger partial charge in [-0.05, 0) is 64.2 Å². The summed E-state index contributed by atoms with van der Waals surface area (Å²) in [5.74, 6) is -0.834. The van der Waals surface area contributed by atoms with Gasteiger partial charge in [-0.15, -0.1) is 0 Å². The summed E-state index contributed by atoms with van der Waals surface area (Å²) in [5.41, 5.74) is 5.35. The highest BCUT2D eigenvalue weighted by Crippen LogP contribution is 2.43. The highest BCUT2D eigenvalue weighted by molar-refractivity contribution is 7.47. The van der Waals surface area contributed by atoms with E-state index in [0.29, 0.717) is 6.42 Å². The van der Waals surface area contributed by atoms with Crippen LogP contribution in [0.4, 0.5) is 0 Å². The number of rotatable bonds is 43. The van der Waals surface area contributed by atoms with E-state index in [1.165, 1.54) is 128 Å². The molecule has 0 spiro atoms. The SMILES string of the molecule is CCCCCCCC/C=C\CCCCCCCCCCCC(=O)OC(COC(=O)CCCCCCC/C=C\CCCCCCCC)COP(=O)(O)OCCN. The monoisotopic (exact) mass is 800 g/mol. The molecule has 0 heterocycles. The number of carbonyl (C=O) groups excluding carboxylic acids is 2. The first kappa shape index (κ1) is 53.5. The third-order valence-electron chi connectivity index (χ3n) is 9.81. The molecule has 0 saturated carbocycles. The van der Waals surface area contributed by atoms with Crippen LogP contribution in [0.2, 0.25) is 0 Å². The van der Waals surface area contributed by atoms with E-state index in [4.69, 9.17) is 24.3 Å². The number of nitrogens with two attached hydrogens (primary N) is 1. The lowest BCUT2D eigenvalue weighted by atomic mass is 10.1. The Kier molecular flexibility index (Phi) is 40.9. The maximum atomic E-state index is 12.6. The van der Waals surface area contributed by atoms with Crippen LogP contribution in [0.25, 0.3) is 0 Å². The van der Waals surface area contributed by atoms with Crippen molar-refractivity contribution in [3.8, 4) is 0 Å². The molecule has 0 radical (unpaired) electrons. The van der Waals surface area contributed by atoms with Crippen LogP contribution in [-0.4, -0.2) is 49.3 Å². The molecule has 0 aliphatic rings. The summed E-state index contributed by atoms with van der Waals surface area (Å²) >= 11 is 0. The number of ether oxygens (including phenoxy) is 2. The second-order valence-corrected chi connectivity index (χ2v) is 16.7. The molecule has 2 atom stereocenters. The Balaban J connectivity index is 4.11. The fourth-order valence-electron chi connectivity index (χ4n) is 6.39. The number of unbranched alkanes of at least 4 members (excludes halogenated alkanes) is 26. The molecule has 0 aliphatic carbocycles. The lowest BCUT2D eigenvalue weighted by Gasteiger charge is -2.19. The van der Waals surface area contributed by atoms with Crippen LogP contribution < -0.4 is 5.73 Å². The quantitative estimate of drug-likeness (QED) is 0.0267. The standard InChI is InChI=1S/C45H86NO8P/c1-3-5-7-9-11-13-15-17-19-20-21-22-24-26-28-30-32-34-36-38-45(48)54-43(42-53-55(49,50)52-40-39-46)41-51-44(47)37-35-33-31-29-27-25-23-18-16-14-12-10-8-6-4-2/h17-19,23,43H,3-16,20-22,24-42,46H2,1-2H3,(H,49,50)/b19-17-,23-18-. The largest absolute Gasteiger partial charge is 0.472 e. The predicted molar refractivity (Wildman–Crippen MR) is 229 cm³/mol. The van der Waals surface area contributed by atoms with Crippen LogP contribution >= 0.6 is 7.82 Å². The molecular weight excluding hydrogens is 713 g/mol. The van der Waals surface area contributed by atoms with E-state index in [-0.39, 0.29) is 38.6 Å². The second-order valence-electron chi connectivity index (χ2n) is 15.3.